The van der Waals surface area contributed by atoms with Crippen molar-refractivity contribution < 1.29 is 13.6 Å². The van der Waals surface area contributed by atoms with Gasteiger partial charge >= 0.3 is 0 Å². The minimum atomic E-state index is -0.896. The van der Waals surface area contributed by atoms with Gasteiger partial charge in [0.05, 0.1) is 0 Å². The summed E-state index contributed by atoms with van der Waals surface area (Å²) in [6.07, 6.45) is 3.61. The second-order valence-corrected chi connectivity index (χ2v) is 4.94. The number of hydrogen-bond donors (Lipinski definition) is 2. The molecule has 0 saturated heterocycles. The van der Waals surface area contributed by atoms with Crippen molar-refractivity contribution in [3.8, 4) is 11.4 Å². The molecule has 3 rings (SSSR count). The van der Waals surface area contributed by atoms with Gasteiger partial charge in [-0.3, -0.25) is 14.9 Å². The first-order chi connectivity index (χ1) is 11.6. The number of nitrogens with one attached hydrogen (secondary N) is 2. The summed E-state index contributed by atoms with van der Waals surface area (Å²) in [5, 5.41) is 9.29. The van der Waals surface area contributed by atoms with Crippen LogP contribution in [0.15, 0.2) is 42.7 Å². The fourth-order valence-electron chi connectivity index (χ4n) is 2.13. The SMILES string of the molecule is O=C(NCCc1nc(-c2ccncc2)n[nH]1)c1c(F)cccc1F. The summed E-state index contributed by atoms with van der Waals surface area (Å²) in [4.78, 5) is 20.1. The lowest BCUT2D eigenvalue weighted by atomic mass is 10.2. The molecule has 24 heavy (non-hydrogen) atoms. The van der Waals surface area contributed by atoms with Gasteiger partial charge in [0.2, 0.25) is 0 Å². The molecule has 2 N–H and O–H groups in total. The Morgan fingerprint density at radius 2 is 1.83 bits per heavy atom. The molecule has 0 radical (unpaired) electrons. The van der Waals surface area contributed by atoms with Crippen molar-refractivity contribution >= 4 is 5.91 Å². The van der Waals surface area contributed by atoms with Crippen LogP contribution in [-0.2, 0) is 6.42 Å². The van der Waals surface area contributed by atoms with E-state index >= 15 is 0 Å². The van der Waals surface area contributed by atoms with E-state index in [0.717, 1.165) is 17.7 Å². The molecule has 0 unspecified atom stereocenters. The van der Waals surface area contributed by atoms with Crippen molar-refractivity contribution in [1.82, 2.24) is 25.5 Å². The third kappa shape index (κ3) is 3.43. The molecule has 0 bridgehead atoms. The van der Waals surface area contributed by atoms with Gasteiger partial charge in [-0.15, -0.1) is 0 Å². The molecule has 0 aliphatic heterocycles. The Labute approximate surface area is 136 Å². The Bertz CT molecular complexity index is 830. The number of amides is 1. The molecule has 0 aliphatic rings. The number of halogens is 2. The predicted molar refractivity (Wildman–Crippen MR) is 82.0 cm³/mol. The quantitative estimate of drug-likeness (QED) is 0.751. The number of H-pyrrole nitrogens is 1. The molecule has 6 nitrogen and oxygen atoms in total. The van der Waals surface area contributed by atoms with Crippen molar-refractivity contribution in [2.75, 3.05) is 6.54 Å². The van der Waals surface area contributed by atoms with E-state index < -0.39 is 23.1 Å². The average Bonchev–Trinajstić information content (AvgIpc) is 3.04. The third-order valence-electron chi connectivity index (χ3n) is 3.31. The Morgan fingerprint density at radius 3 is 2.54 bits per heavy atom. The minimum Gasteiger partial charge on any atom is -0.351 e. The third-order valence-corrected chi connectivity index (χ3v) is 3.31. The molecule has 1 aromatic carbocycles. The maximum Gasteiger partial charge on any atom is 0.257 e. The summed E-state index contributed by atoms with van der Waals surface area (Å²) in [6, 6.07) is 6.83. The number of benzene rings is 1. The van der Waals surface area contributed by atoms with E-state index in [1.165, 1.54) is 6.07 Å². The summed E-state index contributed by atoms with van der Waals surface area (Å²) >= 11 is 0. The van der Waals surface area contributed by atoms with E-state index in [9.17, 15) is 13.6 Å². The highest BCUT2D eigenvalue weighted by Crippen LogP contribution is 2.13. The number of carbonyl (C=O) groups excluding carboxylic acids is 1. The van der Waals surface area contributed by atoms with Crippen LogP contribution in [0.25, 0.3) is 11.4 Å². The van der Waals surface area contributed by atoms with Crippen LogP contribution >= 0.6 is 0 Å². The van der Waals surface area contributed by atoms with Gasteiger partial charge in [-0.05, 0) is 24.3 Å². The van der Waals surface area contributed by atoms with Crippen molar-refractivity contribution in [1.29, 1.82) is 0 Å². The zero-order valence-corrected chi connectivity index (χ0v) is 12.5. The van der Waals surface area contributed by atoms with Gasteiger partial charge in [-0.25, -0.2) is 13.8 Å². The van der Waals surface area contributed by atoms with Crippen LogP contribution in [0, 0.1) is 11.6 Å². The van der Waals surface area contributed by atoms with E-state index in [1.807, 2.05) is 0 Å². The number of carbonyl (C=O) groups is 1. The number of aromatic amines is 1. The van der Waals surface area contributed by atoms with Crippen molar-refractivity contribution in [3.05, 3.63) is 65.7 Å². The molecule has 2 aromatic heterocycles. The number of aromatic nitrogens is 4. The molecule has 1 amide bonds. The smallest absolute Gasteiger partial charge is 0.257 e. The average molecular weight is 329 g/mol. The van der Waals surface area contributed by atoms with Crippen LogP contribution < -0.4 is 5.32 Å². The standard InChI is InChI=1S/C16H13F2N5O/c17-11-2-1-3-12(18)14(11)16(24)20-9-6-13-21-15(23-22-13)10-4-7-19-8-5-10/h1-5,7-8H,6,9H2,(H,20,24)(H,21,22,23). The van der Waals surface area contributed by atoms with E-state index in [1.54, 1.807) is 24.5 Å². The summed E-state index contributed by atoms with van der Waals surface area (Å²) in [6.45, 7) is 0.164. The fraction of sp³-hybridized carbons (Fsp3) is 0.125. The van der Waals surface area contributed by atoms with Gasteiger partial charge in [0.25, 0.3) is 5.91 Å². The second kappa shape index (κ2) is 6.95. The fourth-order valence-corrected chi connectivity index (χ4v) is 2.13. The molecule has 3 aromatic rings. The minimum absolute atomic E-state index is 0.164. The lowest BCUT2D eigenvalue weighted by molar-refractivity contribution is 0.0945. The molecular weight excluding hydrogens is 316 g/mol. The van der Waals surface area contributed by atoms with Crippen LogP contribution in [0.4, 0.5) is 8.78 Å². The molecule has 122 valence electrons. The Kier molecular flexibility index (Phi) is 4.55. The summed E-state index contributed by atoms with van der Waals surface area (Å²) in [5.41, 5.74) is 0.220. The monoisotopic (exact) mass is 329 g/mol. The summed E-state index contributed by atoms with van der Waals surface area (Å²) < 4.78 is 27.0. The van der Waals surface area contributed by atoms with Crippen LogP contribution in [0.1, 0.15) is 16.2 Å². The topological polar surface area (TPSA) is 83.6 Å². The van der Waals surface area contributed by atoms with E-state index in [2.05, 4.69) is 25.5 Å². The van der Waals surface area contributed by atoms with Crippen molar-refractivity contribution in [2.24, 2.45) is 0 Å². The number of rotatable bonds is 5. The Morgan fingerprint density at radius 1 is 1.12 bits per heavy atom. The van der Waals surface area contributed by atoms with Crippen LogP contribution in [-0.4, -0.2) is 32.6 Å². The highest BCUT2D eigenvalue weighted by atomic mass is 19.1. The van der Waals surface area contributed by atoms with Crippen molar-refractivity contribution in [2.45, 2.75) is 6.42 Å². The number of pyridine rings is 1. The van der Waals surface area contributed by atoms with Gasteiger partial charge < -0.3 is 5.32 Å². The zero-order valence-electron chi connectivity index (χ0n) is 12.5. The highest BCUT2D eigenvalue weighted by Gasteiger charge is 2.16. The first-order valence-electron chi connectivity index (χ1n) is 7.19. The van der Waals surface area contributed by atoms with Gasteiger partial charge in [-0.1, -0.05) is 6.07 Å². The largest absolute Gasteiger partial charge is 0.351 e. The van der Waals surface area contributed by atoms with Gasteiger partial charge in [0.15, 0.2) is 5.82 Å². The molecular formula is C16H13F2N5O. The van der Waals surface area contributed by atoms with Crippen LogP contribution in [0.3, 0.4) is 0 Å². The van der Waals surface area contributed by atoms with Gasteiger partial charge in [-0.2, -0.15) is 5.10 Å². The maximum atomic E-state index is 13.5. The Balaban J connectivity index is 1.59. The first kappa shape index (κ1) is 15.7. The van der Waals surface area contributed by atoms with Crippen LogP contribution in [0.2, 0.25) is 0 Å². The molecule has 0 fully saturated rings. The molecule has 2 heterocycles. The molecule has 0 spiro atoms. The highest BCUT2D eigenvalue weighted by molar-refractivity contribution is 5.94. The number of nitrogens with zero attached hydrogens (tertiary/aromatic N) is 3. The molecule has 0 saturated carbocycles. The normalized spacial score (nSPS) is 10.6. The molecule has 0 atom stereocenters. The lowest BCUT2D eigenvalue weighted by Crippen LogP contribution is -2.27. The van der Waals surface area contributed by atoms with E-state index in [0.29, 0.717) is 18.1 Å². The first-order valence-corrected chi connectivity index (χ1v) is 7.19. The van der Waals surface area contributed by atoms with Gasteiger partial charge in [0, 0.05) is 30.9 Å². The Hall–Kier alpha value is -3.16. The summed E-state index contributed by atoms with van der Waals surface area (Å²) in [7, 11) is 0. The molecule has 0 aliphatic carbocycles. The maximum absolute atomic E-state index is 13.5. The van der Waals surface area contributed by atoms with Crippen LogP contribution in [0.5, 0.6) is 0 Å². The molecule has 8 heteroatoms. The van der Waals surface area contributed by atoms with E-state index in [-0.39, 0.29) is 6.54 Å². The second-order valence-electron chi connectivity index (χ2n) is 4.94. The predicted octanol–water partition coefficient (Wildman–Crippen LogP) is 2.12. The van der Waals surface area contributed by atoms with Gasteiger partial charge in [0.1, 0.15) is 23.0 Å². The lowest BCUT2D eigenvalue weighted by Gasteiger charge is -2.05. The number of hydrogen-bond acceptors (Lipinski definition) is 4. The summed E-state index contributed by atoms with van der Waals surface area (Å²) in [5.74, 6) is -1.53. The zero-order chi connectivity index (χ0) is 16.9. The van der Waals surface area contributed by atoms with Crippen molar-refractivity contribution in [3.63, 3.8) is 0 Å². The van der Waals surface area contributed by atoms with E-state index in [4.69, 9.17) is 0 Å².